The number of thioether (sulfide) groups is 1. The van der Waals surface area contributed by atoms with Crippen LogP contribution in [0.25, 0.3) is 5.57 Å². The summed E-state index contributed by atoms with van der Waals surface area (Å²) in [5, 5.41) is 0.672. The van der Waals surface area contributed by atoms with Crippen LogP contribution in [0.5, 0.6) is 0 Å². The number of carbonyl (C=O) groups excluding carboxylic acids is 2. The first-order valence-electron chi connectivity index (χ1n) is 8.00. The molecule has 0 aliphatic carbocycles. The van der Waals surface area contributed by atoms with Crippen LogP contribution in [0, 0.1) is 0 Å². The fourth-order valence-corrected chi connectivity index (χ4v) is 4.21. The maximum absolute atomic E-state index is 12.8. The van der Waals surface area contributed by atoms with Crippen molar-refractivity contribution in [2.24, 2.45) is 4.99 Å². The molecule has 0 bridgehead atoms. The Kier molecular flexibility index (Phi) is 3.90. The number of rotatable bonds is 1. The van der Waals surface area contributed by atoms with E-state index in [0.717, 1.165) is 11.3 Å². The molecule has 1 saturated heterocycles. The molecule has 0 atom stereocenters. The number of hydrogen-bond acceptors (Lipinski definition) is 5. The molecule has 0 saturated carbocycles. The summed E-state index contributed by atoms with van der Waals surface area (Å²) in [6.45, 7) is 5.20. The Morgan fingerprint density at radius 1 is 1.21 bits per heavy atom. The van der Waals surface area contributed by atoms with Crippen molar-refractivity contribution in [3.8, 4) is 0 Å². The highest BCUT2D eigenvalue weighted by Gasteiger charge is 2.38. The van der Waals surface area contributed by atoms with Gasteiger partial charge in [-0.2, -0.15) is 4.99 Å². The minimum absolute atomic E-state index is 0.118. The van der Waals surface area contributed by atoms with Crippen molar-refractivity contribution < 1.29 is 14.3 Å². The predicted molar refractivity (Wildman–Crippen MR) is 93.8 cm³/mol. The van der Waals surface area contributed by atoms with Gasteiger partial charge in [-0.05, 0) is 24.8 Å². The first-order chi connectivity index (χ1) is 11.7. The van der Waals surface area contributed by atoms with Crippen molar-refractivity contribution in [3.63, 3.8) is 0 Å². The van der Waals surface area contributed by atoms with Gasteiger partial charge in [-0.1, -0.05) is 18.2 Å². The molecule has 3 aliphatic rings. The fourth-order valence-electron chi connectivity index (χ4n) is 3.16. The Morgan fingerprint density at radius 3 is 2.71 bits per heavy atom. The number of anilines is 1. The smallest absolute Gasteiger partial charge is 0.287 e. The molecular formula is C17H17N3O3S. The van der Waals surface area contributed by atoms with Gasteiger partial charge in [-0.15, -0.1) is 0 Å². The molecule has 0 aromatic heterocycles. The average Bonchev–Trinajstić information content (AvgIpc) is 3.12. The normalized spacial score (nSPS) is 23.8. The number of morpholine rings is 1. The van der Waals surface area contributed by atoms with Gasteiger partial charge in [0.2, 0.25) is 0 Å². The van der Waals surface area contributed by atoms with Crippen LogP contribution >= 0.6 is 11.8 Å². The third-order valence-electron chi connectivity index (χ3n) is 4.33. The third-order valence-corrected chi connectivity index (χ3v) is 5.45. The van der Waals surface area contributed by atoms with Crippen LogP contribution < -0.4 is 4.90 Å². The van der Waals surface area contributed by atoms with Crippen molar-refractivity contribution in [1.29, 1.82) is 0 Å². The molecular weight excluding hydrogens is 326 g/mol. The summed E-state index contributed by atoms with van der Waals surface area (Å²) in [5.41, 5.74) is 2.16. The lowest BCUT2D eigenvalue weighted by atomic mass is 10.1. The van der Waals surface area contributed by atoms with E-state index in [1.54, 1.807) is 4.90 Å². The molecule has 3 aliphatic heterocycles. The summed E-state index contributed by atoms with van der Waals surface area (Å²) >= 11 is 1.31. The van der Waals surface area contributed by atoms with Crippen molar-refractivity contribution in [2.45, 2.75) is 6.92 Å². The Balaban J connectivity index is 1.72. The van der Waals surface area contributed by atoms with Gasteiger partial charge >= 0.3 is 0 Å². The summed E-state index contributed by atoms with van der Waals surface area (Å²) < 4.78 is 5.34. The minimum atomic E-state index is -0.322. The van der Waals surface area contributed by atoms with Gasteiger partial charge in [0.1, 0.15) is 0 Å². The molecule has 124 valence electrons. The van der Waals surface area contributed by atoms with E-state index in [2.05, 4.69) is 4.99 Å². The number of carbonyl (C=O) groups is 2. The molecule has 7 heteroatoms. The summed E-state index contributed by atoms with van der Waals surface area (Å²) in [4.78, 5) is 33.7. The number of nitrogens with zero attached hydrogens (tertiary/aromatic N) is 3. The molecule has 1 aromatic rings. The van der Waals surface area contributed by atoms with Crippen LogP contribution in [0.3, 0.4) is 0 Å². The number of hydrogen-bond donors (Lipinski definition) is 0. The van der Waals surface area contributed by atoms with E-state index in [1.165, 1.54) is 11.8 Å². The van der Waals surface area contributed by atoms with Gasteiger partial charge in [-0.3, -0.25) is 9.59 Å². The molecule has 4 rings (SSSR count). The second-order valence-electron chi connectivity index (χ2n) is 5.67. The van der Waals surface area contributed by atoms with E-state index in [0.29, 0.717) is 48.5 Å². The number of fused-ring (bicyclic) bond motifs is 1. The predicted octanol–water partition coefficient (Wildman–Crippen LogP) is 1.73. The Bertz CT molecular complexity index is 781. The quantitative estimate of drug-likeness (QED) is 0.727. The number of benzene rings is 1. The SMILES string of the molecule is CCN1C(=O)/C(=C2/SC(N3CCOCC3)=NC2=O)c2ccccc21. The second kappa shape index (κ2) is 6.07. The topological polar surface area (TPSA) is 62.2 Å². The summed E-state index contributed by atoms with van der Waals surface area (Å²) in [6, 6.07) is 7.60. The van der Waals surface area contributed by atoms with E-state index in [1.807, 2.05) is 36.1 Å². The first kappa shape index (κ1) is 15.4. The molecule has 6 nitrogen and oxygen atoms in total. The monoisotopic (exact) mass is 343 g/mol. The van der Waals surface area contributed by atoms with Gasteiger partial charge in [0, 0.05) is 25.2 Å². The number of aliphatic imine (C=N–C) groups is 1. The van der Waals surface area contributed by atoms with Crippen molar-refractivity contribution >= 4 is 40.0 Å². The number of para-hydroxylation sites is 1. The number of ether oxygens (including phenoxy) is 1. The highest BCUT2D eigenvalue weighted by molar-refractivity contribution is 8.18. The van der Waals surface area contributed by atoms with E-state index in [-0.39, 0.29) is 11.8 Å². The molecule has 1 fully saturated rings. The largest absolute Gasteiger partial charge is 0.378 e. The number of likely N-dealkylation sites (N-methyl/N-ethyl adjacent to an activating group) is 1. The molecule has 0 unspecified atom stereocenters. The molecule has 2 amide bonds. The van der Waals surface area contributed by atoms with Crippen molar-refractivity contribution in [3.05, 3.63) is 34.7 Å². The molecule has 0 radical (unpaired) electrons. The van der Waals surface area contributed by atoms with Crippen LogP contribution in [-0.4, -0.2) is 54.7 Å². The van der Waals surface area contributed by atoms with Crippen LogP contribution in [0.1, 0.15) is 12.5 Å². The Hall–Kier alpha value is -2.12. The minimum Gasteiger partial charge on any atom is -0.378 e. The maximum atomic E-state index is 12.8. The van der Waals surface area contributed by atoms with E-state index in [4.69, 9.17) is 4.74 Å². The van der Waals surface area contributed by atoms with E-state index < -0.39 is 0 Å². The Labute approximate surface area is 144 Å². The molecule has 24 heavy (non-hydrogen) atoms. The van der Waals surface area contributed by atoms with Crippen LogP contribution in [-0.2, 0) is 14.3 Å². The van der Waals surface area contributed by atoms with Gasteiger partial charge in [0.15, 0.2) is 5.17 Å². The van der Waals surface area contributed by atoms with Gasteiger partial charge in [0.25, 0.3) is 11.8 Å². The zero-order valence-electron chi connectivity index (χ0n) is 13.3. The van der Waals surface area contributed by atoms with Crippen LogP contribution in [0.2, 0.25) is 0 Å². The average molecular weight is 343 g/mol. The summed E-state index contributed by atoms with van der Waals surface area (Å²) in [7, 11) is 0. The lowest BCUT2D eigenvalue weighted by molar-refractivity contribution is -0.115. The Morgan fingerprint density at radius 2 is 1.96 bits per heavy atom. The molecule has 1 aromatic carbocycles. The van der Waals surface area contributed by atoms with Crippen molar-refractivity contribution in [2.75, 3.05) is 37.7 Å². The second-order valence-corrected chi connectivity index (χ2v) is 6.65. The maximum Gasteiger partial charge on any atom is 0.287 e. The van der Waals surface area contributed by atoms with Crippen LogP contribution in [0.4, 0.5) is 5.69 Å². The zero-order chi connectivity index (χ0) is 16.7. The first-order valence-corrected chi connectivity index (χ1v) is 8.81. The fraction of sp³-hybridized carbons (Fsp3) is 0.353. The van der Waals surface area contributed by atoms with E-state index in [9.17, 15) is 9.59 Å². The van der Waals surface area contributed by atoms with Gasteiger partial charge in [-0.25, -0.2) is 0 Å². The molecule has 0 N–H and O–H groups in total. The van der Waals surface area contributed by atoms with Crippen molar-refractivity contribution in [1.82, 2.24) is 4.90 Å². The van der Waals surface area contributed by atoms with Gasteiger partial charge in [0.05, 0.1) is 29.4 Å². The molecule has 3 heterocycles. The van der Waals surface area contributed by atoms with Crippen LogP contribution in [0.15, 0.2) is 34.2 Å². The standard InChI is InChI=1S/C17H17N3O3S/c1-2-20-12-6-4-3-5-11(12)13(16(20)22)14-15(21)18-17(24-14)19-7-9-23-10-8-19/h3-6H,2,7-10H2,1H3/b14-13+. The highest BCUT2D eigenvalue weighted by atomic mass is 32.2. The highest BCUT2D eigenvalue weighted by Crippen LogP contribution is 2.43. The van der Waals surface area contributed by atoms with E-state index >= 15 is 0 Å². The third kappa shape index (κ3) is 2.35. The summed E-state index contributed by atoms with van der Waals surface area (Å²) in [6.07, 6.45) is 0. The van der Waals surface area contributed by atoms with Gasteiger partial charge < -0.3 is 14.5 Å². The summed E-state index contributed by atoms with van der Waals surface area (Å²) in [5.74, 6) is -0.439. The lowest BCUT2D eigenvalue weighted by Gasteiger charge is -2.27. The lowest BCUT2D eigenvalue weighted by Crippen LogP contribution is -2.38. The number of amidine groups is 1. The molecule has 0 spiro atoms. The number of amides is 2. The zero-order valence-corrected chi connectivity index (χ0v) is 14.1.